The van der Waals surface area contributed by atoms with Gasteiger partial charge in [0.2, 0.25) is 0 Å². The average molecular weight is 496 g/mol. The van der Waals surface area contributed by atoms with E-state index in [1.165, 1.54) is 57.8 Å². The number of hydrogen-bond donors (Lipinski definition) is 0. The Morgan fingerprint density at radius 3 is 2.36 bits per heavy atom. The summed E-state index contributed by atoms with van der Waals surface area (Å²) in [6, 6.07) is 0. The quantitative estimate of drug-likeness (QED) is 0.467. The summed E-state index contributed by atoms with van der Waals surface area (Å²) in [7, 11) is 0. The first-order chi connectivity index (χ1) is 12.7. The summed E-state index contributed by atoms with van der Waals surface area (Å²) in [5, 5.41) is 0. The van der Waals surface area contributed by atoms with Crippen molar-refractivity contribution in [3.05, 3.63) is 54.0 Å². The summed E-state index contributed by atoms with van der Waals surface area (Å²) in [6.45, 7) is 2.31. The second-order valence-corrected chi connectivity index (χ2v) is 10.6. The molecule has 5 aliphatic rings. The molecule has 0 aromatic rings. The van der Waals surface area contributed by atoms with Crippen LogP contribution >= 0.6 is 0 Å². The summed E-state index contributed by atoms with van der Waals surface area (Å²) in [6.07, 6.45) is 29.6. The molecule has 0 aliphatic heterocycles. The van der Waals surface area contributed by atoms with Crippen LogP contribution in [0.3, 0.4) is 0 Å². The summed E-state index contributed by atoms with van der Waals surface area (Å²) < 4.78 is 1.80. The molecule has 0 spiro atoms. The molecule has 5 atom stereocenters. The topological polar surface area (TPSA) is 0 Å². The molecule has 0 heterocycles. The van der Waals surface area contributed by atoms with Gasteiger partial charge < -0.3 is 31.2 Å². The molecule has 3 saturated carbocycles. The van der Waals surface area contributed by atoms with Gasteiger partial charge in [-0.2, -0.15) is 5.92 Å². The maximum atomic E-state index is 2.69. The predicted molar refractivity (Wildman–Crippen MR) is 108 cm³/mol. The number of allylic oxidation sites excluding steroid dienone is 8. The van der Waals surface area contributed by atoms with Crippen LogP contribution in [-0.2, 0) is 24.2 Å². The third-order valence-corrected chi connectivity index (χ3v) is 8.52. The van der Waals surface area contributed by atoms with Crippen molar-refractivity contribution in [2.24, 2.45) is 29.6 Å². The van der Waals surface area contributed by atoms with Gasteiger partial charge in [0.1, 0.15) is 0 Å². The standard InChI is InChI=1S/C19H23.C6H10.2ClH.Zr/c1-13-6-4-9-15(13)17-10-5-11-18-16-8-3-2-7-14(16)12-19(17)18;1-2-4-6-5-3-1;;;/h2-4,6-8,12,14,16-19H,5,9-11H2,1H3;1-5H2;2*1H;/q-1;;;;+2/p-2. The third-order valence-electron chi connectivity index (χ3n) is 7.29. The first-order valence-corrected chi connectivity index (χ1v) is 12.1. The molecule has 5 unspecified atom stereocenters. The number of halogens is 2. The predicted octanol–water partition coefficient (Wildman–Crippen LogP) is 0.549. The summed E-state index contributed by atoms with van der Waals surface area (Å²) >= 11 is 1.69. The van der Waals surface area contributed by atoms with Gasteiger partial charge in [-0.1, -0.05) is 60.3 Å². The second-order valence-electron chi connectivity index (χ2n) is 8.87. The Bertz CT molecular complexity index is 649. The summed E-state index contributed by atoms with van der Waals surface area (Å²) in [5.74, 6) is 4.09. The second kappa shape index (κ2) is 11.6. The minimum atomic E-state index is 0. The van der Waals surface area contributed by atoms with E-state index >= 15 is 0 Å². The van der Waals surface area contributed by atoms with E-state index in [-0.39, 0.29) is 24.8 Å². The summed E-state index contributed by atoms with van der Waals surface area (Å²) in [5.41, 5.74) is 3.30. The first kappa shape index (κ1) is 24.6. The molecule has 0 aromatic heterocycles. The number of hydrogen-bond acceptors (Lipinski definition) is 0. The van der Waals surface area contributed by atoms with E-state index in [4.69, 9.17) is 0 Å². The SMILES string of the molecule is CC1=C(C2CCCC3C4C=CC=CC4[CH-]C23)CC=C1.[Cl-].[Cl-].[Zr+2]=[C]1CCCCC1. The normalized spacial score (nSPS) is 35.4. The van der Waals surface area contributed by atoms with Crippen molar-refractivity contribution in [2.75, 3.05) is 0 Å². The molecule has 0 aromatic carbocycles. The molecule has 0 amide bonds. The molecule has 5 aliphatic carbocycles. The van der Waals surface area contributed by atoms with Crippen LogP contribution in [0.5, 0.6) is 0 Å². The van der Waals surface area contributed by atoms with Crippen LogP contribution in [0.4, 0.5) is 0 Å². The molecular formula is C25H33Cl2Zr-. The van der Waals surface area contributed by atoms with E-state index in [9.17, 15) is 0 Å². The van der Waals surface area contributed by atoms with E-state index in [0.29, 0.717) is 0 Å². The Morgan fingerprint density at radius 1 is 0.964 bits per heavy atom. The Balaban J connectivity index is 0.000000269. The van der Waals surface area contributed by atoms with E-state index in [2.05, 4.69) is 49.8 Å². The van der Waals surface area contributed by atoms with Gasteiger partial charge in [-0.15, -0.1) is 12.0 Å². The van der Waals surface area contributed by atoms with Crippen molar-refractivity contribution in [1.82, 2.24) is 0 Å². The molecule has 28 heavy (non-hydrogen) atoms. The Kier molecular flexibility index (Phi) is 10.2. The van der Waals surface area contributed by atoms with Crippen LogP contribution in [-0.4, -0.2) is 3.21 Å². The average Bonchev–Trinajstić information content (AvgIpc) is 3.26. The van der Waals surface area contributed by atoms with Gasteiger partial charge in [0.15, 0.2) is 0 Å². The van der Waals surface area contributed by atoms with Crippen molar-refractivity contribution in [3.63, 3.8) is 0 Å². The molecule has 0 N–H and O–H groups in total. The van der Waals surface area contributed by atoms with Crippen LogP contribution < -0.4 is 24.8 Å². The molecule has 0 bridgehead atoms. The van der Waals surface area contributed by atoms with E-state index < -0.39 is 0 Å². The van der Waals surface area contributed by atoms with Gasteiger partial charge in [0, 0.05) is 0 Å². The molecule has 3 fully saturated rings. The van der Waals surface area contributed by atoms with Crippen molar-refractivity contribution in [1.29, 1.82) is 0 Å². The van der Waals surface area contributed by atoms with Gasteiger partial charge in [-0.05, 0) is 31.6 Å². The zero-order valence-electron chi connectivity index (χ0n) is 17.0. The molecular weight excluding hydrogens is 462 g/mol. The fourth-order valence-corrected chi connectivity index (χ4v) is 6.83. The molecule has 0 saturated heterocycles. The number of rotatable bonds is 1. The van der Waals surface area contributed by atoms with E-state index in [1.54, 1.807) is 38.6 Å². The van der Waals surface area contributed by atoms with Gasteiger partial charge in [-0.3, -0.25) is 0 Å². The molecule has 152 valence electrons. The zero-order valence-corrected chi connectivity index (χ0v) is 21.0. The first-order valence-electron chi connectivity index (χ1n) is 10.9. The zero-order chi connectivity index (χ0) is 17.9. The molecule has 3 heteroatoms. The van der Waals surface area contributed by atoms with E-state index in [1.807, 2.05) is 0 Å². The van der Waals surface area contributed by atoms with Crippen LogP contribution in [0.2, 0.25) is 0 Å². The van der Waals surface area contributed by atoms with Gasteiger partial charge in [-0.25, -0.2) is 0 Å². The van der Waals surface area contributed by atoms with Gasteiger partial charge >= 0.3 is 59.5 Å². The maximum absolute atomic E-state index is 2.69. The minimum absolute atomic E-state index is 0. The fraction of sp³-hybridized carbons (Fsp3) is 0.600. The van der Waals surface area contributed by atoms with Crippen LogP contribution in [0.1, 0.15) is 64.7 Å². The van der Waals surface area contributed by atoms with Gasteiger partial charge in [0.25, 0.3) is 0 Å². The van der Waals surface area contributed by atoms with Crippen LogP contribution in [0, 0.1) is 36.0 Å². The van der Waals surface area contributed by atoms with Crippen LogP contribution in [0.25, 0.3) is 0 Å². The molecule has 5 rings (SSSR count). The Labute approximate surface area is 199 Å². The number of fused-ring (bicyclic) bond motifs is 3. The monoisotopic (exact) mass is 493 g/mol. The molecule has 0 radical (unpaired) electrons. The fourth-order valence-electron chi connectivity index (χ4n) is 5.96. The van der Waals surface area contributed by atoms with Crippen molar-refractivity contribution >= 4 is 3.21 Å². The van der Waals surface area contributed by atoms with E-state index in [0.717, 1.165) is 29.6 Å². The Morgan fingerprint density at radius 2 is 1.71 bits per heavy atom. The summed E-state index contributed by atoms with van der Waals surface area (Å²) in [4.78, 5) is 0. The van der Waals surface area contributed by atoms with Crippen molar-refractivity contribution in [2.45, 2.75) is 64.7 Å². The third kappa shape index (κ3) is 5.50. The van der Waals surface area contributed by atoms with Crippen molar-refractivity contribution < 1.29 is 49.0 Å². The Hall–Kier alpha value is 0.293. The molecule has 0 nitrogen and oxygen atoms in total. The van der Waals surface area contributed by atoms with Crippen molar-refractivity contribution in [3.8, 4) is 0 Å². The van der Waals surface area contributed by atoms with Gasteiger partial charge in [0.05, 0.1) is 0 Å². The van der Waals surface area contributed by atoms with Crippen LogP contribution in [0.15, 0.2) is 47.6 Å².